The number of carbonyl (C=O) groups excluding carboxylic acids is 2. The van der Waals surface area contributed by atoms with Crippen molar-refractivity contribution < 1.29 is 9.59 Å². The van der Waals surface area contributed by atoms with Gasteiger partial charge in [-0.05, 0) is 54.7 Å². The summed E-state index contributed by atoms with van der Waals surface area (Å²) in [6.45, 7) is 2.19. The normalized spacial score (nSPS) is 14.4. The third kappa shape index (κ3) is 5.90. The van der Waals surface area contributed by atoms with Crippen molar-refractivity contribution in [2.75, 3.05) is 23.3 Å². The Bertz CT molecular complexity index is 1090. The van der Waals surface area contributed by atoms with E-state index in [1.165, 1.54) is 6.42 Å². The molecule has 2 aromatic carbocycles. The highest BCUT2D eigenvalue weighted by Crippen LogP contribution is 2.29. The standard InChI is InChI=1S/C26H27ClN4O2/c27-24(20-9-3-1-4-10-20)26(33)30-21-11-12-23(31-14-5-2-6-15-31)22(16-21)25(32)29-18-19-8-7-13-28-17-19/h1,3-4,7-13,16-17,24H,2,5-6,14-15,18H2,(H,29,32)(H,30,33). The maximum absolute atomic E-state index is 13.2. The van der Waals surface area contributed by atoms with Gasteiger partial charge in [-0.3, -0.25) is 14.6 Å². The van der Waals surface area contributed by atoms with Crippen LogP contribution in [0.15, 0.2) is 73.1 Å². The number of alkyl halides is 1. The molecule has 1 aliphatic rings. The molecule has 2 amide bonds. The minimum atomic E-state index is -0.823. The second kappa shape index (κ2) is 11.0. The van der Waals surface area contributed by atoms with Gasteiger partial charge in [0.15, 0.2) is 0 Å². The molecule has 1 aliphatic heterocycles. The van der Waals surface area contributed by atoms with Gasteiger partial charge < -0.3 is 15.5 Å². The van der Waals surface area contributed by atoms with E-state index < -0.39 is 5.38 Å². The fraction of sp³-hybridized carbons (Fsp3) is 0.269. The summed E-state index contributed by atoms with van der Waals surface area (Å²) in [5, 5.41) is 5.02. The van der Waals surface area contributed by atoms with Gasteiger partial charge in [-0.1, -0.05) is 36.4 Å². The fourth-order valence-corrected chi connectivity index (χ4v) is 4.17. The van der Waals surface area contributed by atoms with Crippen LogP contribution >= 0.6 is 11.6 Å². The van der Waals surface area contributed by atoms with Crippen molar-refractivity contribution in [2.24, 2.45) is 0 Å². The van der Waals surface area contributed by atoms with Crippen molar-refractivity contribution in [3.8, 4) is 0 Å². The SMILES string of the molecule is O=C(NCc1cccnc1)c1cc(NC(=O)C(Cl)c2ccccc2)ccc1N1CCCCC1. The number of rotatable bonds is 7. The van der Waals surface area contributed by atoms with Gasteiger partial charge in [-0.25, -0.2) is 0 Å². The Labute approximate surface area is 199 Å². The quantitative estimate of drug-likeness (QED) is 0.489. The summed E-state index contributed by atoms with van der Waals surface area (Å²) in [7, 11) is 0. The Morgan fingerprint density at radius 1 is 1.00 bits per heavy atom. The topological polar surface area (TPSA) is 74.3 Å². The lowest BCUT2D eigenvalue weighted by Gasteiger charge is -2.30. The molecule has 1 fully saturated rings. The predicted octanol–water partition coefficient (Wildman–Crippen LogP) is 4.92. The van der Waals surface area contributed by atoms with Crippen molar-refractivity contribution in [1.82, 2.24) is 10.3 Å². The van der Waals surface area contributed by atoms with E-state index in [0.29, 0.717) is 17.8 Å². The Morgan fingerprint density at radius 2 is 1.79 bits per heavy atom. The van der Waals surface area contributed by atoms with Gasteiger partial charge in [0.1, 0.15) is 5.38 Å². The van der Waals surface area contributed by atoms with Crippen LogP contribution in [-0.4, -0.2) is 29.9 Å². The molecule has 170 valence electrons. The van der Waals surface area contributed by atoms with Crippen LogP contribution in [0.4, 0.5) is 11.4 Å². The minimum Gasteiger partial charge on any atom is -0.371 e. The molecular formula is C26H27ClN4O2. The number of benzene rings is 2. The first-order valence-electron chi connectivity index (χ1n) is 11.2. The lowest BCUT2D eigenvalue weighted by Crippen LogP contribution is -2.32. The molecule has 1 atom stereocenters. The van der Waals surface area contributed by atoms with Gasteiger partial charge in [-0.15, -0.1) is 11.6 Å². The molecule has 0 radical (unpaired) electrons. The number of piperidine rings is 1. The molecular weight excluding hydrogens is 436 g/mol. The van der Waals surface area contributed by atoms with Crippen LogP contribution in [0.3, 0.4) is 0 Å². The number of hydrogen-bond acceptors (Lipinski definition) is 4. The molecule has 33 heavy (non-hydrogen) atoms. The van der Waals surface area contributed by atoms with Crippen molar-refractivity contribution >= 4 is 34.8 Å². The Hall–Kier alpha value is -3.38. The lowest BCUT2D eigenvalue weighted by atomic mass is 10.1. The van der Waals surface area contributed by atoms with Crippen LogP contribution in [0.1, 0.15) is 46.1 Å². The summed E-state index contributed by atoms with van der Waals surface area (Å²) >= 11 is 6.37. The lowest BCUT2D eigenvalue weighted by molar-refractivity contribution is -0.116. The number of nitrogens with one attached hydrogen (secondary N) is 2. The molecule has 4 rings (SSSR count). The largest absolute Gasteiger partial charge is 0.371 e. The van der Waals surface area contributed by atoms with E-state index in [1.807, 2.05) is 54.6 Å². The van der Waals surface area contributed by atoms with E-state index in [2.05, 4.69) is 20.5 Å². The fourth-order valence-electron chi connectivity index (χ4n) is 3.97. The number of amides is 2. The molecule has 7 heteroatoms. The van der Waals surface area contributed by atoms with Gasteiger partial charge in [0.05, 0.1) is 5.56 Å². The summed E-state index contributed by atoms with van der Waals surface area (Å²) in [4.78, 5) is 32.2. The van der Waals surface area contributed by atoms with Crippen molar-refractivity contribution in [1.29, 1.82) is 0 Å². The van der Waals surface area contributed by atoms with Crippen molar-refractivity contribution in [3.63, 3.8) is 0 Å². The van der Waals surface area contributed by atoms with Crippen LogP contribution in [0, 0.1) is 0 Å². The van der Waals surface area contributed by atoms with E-state index >= 15 is 0 Å². The second-order valence-electron chi connectivity index (χ2n) is 8.09. The highest BCUT2D eigenvalue weighted by atomic mass is 35.5. The van der Waals surface area contributed by atoms with Crippen molar-refractivity contribution in [3.05, 3.63) is 89.7 Å². The highest BCUT2D eigenvalue weighted by molar-refractivity contribution is 6.32. The van der Waals surface area contributed by atoms with Crippen LogP contribution in [0.2, 0.25) is 0 Å². The number of halogens is 1. The highest BCUT2D eigenvalue weighted by Gasteiger charge is 2.22. The van der Waals surface area contributed by atoms with E-state index in [9.17, 15) is 9.59 Å². The van der Waals surface area contributed by atoms with E-state index in [1.54, 1.807) is 18.5 Å². The Balaban J connectivity index is 1.54. The second-order valence-corrected chi connectivity index (χ2v) is 8.52. The maximum Gasteiger partial charge on any atom is 0.253 e. The van der Waals surface area contributed by atoms with Gasteiger partial charge in [0, 0.05) is 43.4 Å². The van der Waals surface area contributed by atoms with E-state index in [0.717, 1.165) is 42.7 Å². The van der Waals surface area contributed by atoms with Gasteiger partial charge >= 0.3 is 0 Å². The molecule has 0 bridgehead atoms. The predicted molar refractivity (Wildman–Crippen MR) is 132 cm³/mol. The van der Waals surface area contributed by atoms with Crippen molar-refractivity contribution in [2.45, 2.75) is 31.2 Å². The molecule has 0 aliphatic carbocycles. The third-order valence-corrected chi connectivity index (χ3v) is 6.15. The Kier molecular flexibility index (Phi) is 7.58. The first-order valence-corrected chi connectivity index (χ1v) is 11.6. The monoisotopic (exact) mass is 462 g/mol. The molecule has 3 aromatic rings. The number of pyridine rings is 1. The van der Waals surface area contributed by atoms with Gasteiger partial charge in [0.2, 0.25) is 5.91 Å². The van der Waals surface area contributed by atoms with Crippen LogP contribution < -0.4 is 15.5 Å². The maximum atomic E-state index is 13.2. The summed E-state index contributed by atoms with van der Waals surface area (Å²) < 4.78 is 0. The number of anilines is 2. The molecule has 0 saturated carbocycles. The smallest absolute Gasteiger partial charge is 0.253 e. The first kappa shape index (κ1) is 22.8. The molecule has 2 heterocycles. The summed E-state index contributed by atoms with van der Waals surface area (Å²) in [6, 6.07) is 18.4. The summed E-state index contributed by atoms with van der Waals surface area (Å²) in [5.74, 6) is -0.531. The molecule has 1 saturated heterocycles. The summed E-state index contributed by atoms with van der Waals surface area (Å²) in [6.07, 6.45) is 6.82. The number of nitrogens with zero attached hydrogens (tertiary/aromatic N) is 2. The molecule has 0 spiro atoms. The zero-order chi connectivity index (χ0) is 23.0. The number of carbonyl (C=O) groups is 2. The molecule has 6 nitrogen and oxygen atoms in total. The first-order chi connectivity index (χ1) is 16.1. The zero-order valence-electron chi connectivity index (χ0n) is 18.3. The average molecular weight is 463 g/mol. The van der Waals surface area contributed by atoms with Crippen LogP contribution in [0.5, 0.6) is 0 Å². The van der Waals surface area contributed by atoms with Gasteiger partial charge in [0.25, 0.3) is 5.91 Å². The molecule has 1 unspecified atom stereocenters. The zero-order valence-corrected chi connectivity index (χ0v) is 19.1. The van der Waals surface area contributed by atoms with E-state index in [4.69, 9.17) is 11.6 Å². The molecule has 2 N–H and O–H groups in total. The number of hydrogen-bond donors (Lipinski definition) is 2. The van der Waals surface area contributed by atoms with Gasteiger partial charge in [-0.2, -0.15) is 0 Å². The Morgan fingerprint density at radius 3 is 2.52 bits per heavy atom. The minimum absolute atomic E-state index is 0.194. The summed E-state index contributed by atoms with van der Waals surface area (Å²) in [5.41, 5.74) is 3.58. The molecule has 1 aromatic heterocycles. The van der Waals surface area contributed by atoms with E-state index in [-0.39, 0.29) is 11.8 Å². The van der Waals surface area contributed by atoms with Crippen LogP contribution in [-0.2, 0) is 11.3 Å². The third-order valence-electron chi connectivity index (χ3n) is 5.70. The van der Waals surface area contributed by atoms with Crippen LogP contribution in [0.25, 0.3) is 0 Å². The average Bonchev–Trinajstić information content (AvgIpc) is 2.88. The number of aromatic nitrogens is 1.